The van der Waals surface area contributed by atoms with Crippen molar-refractivity contribution in [2.75, 3.05) is 40.3 Å². The van der Waals surface area contributed by atoms with Crippen molar-refractivity contribution in [2.45, 2.75) is 76.4 Å². The quantitative estimate of drug-likeness (QED) is 0.635. The predicted octanol–water partition coefficient (Wildman–Crippen LogP) is 5.24. The molecule has 4 nitrogen and oxygen atoms in total. The highest BCUT2D eigenvalue weighted by molar-refractivity contribution is 5.84. The third-order valence-corrected chi connectivity index (χ3v) is 7.63. The first-order valence-electron chi connectivity index (χ1n) is 12.8. The van der Waals surface area contributed by atoms with Gasteiger partial charge in [0, 0.05) is 36.7 Å². The fourth-order valence-corrected chi connectivity index (χ4v) is 5.99. The molecule has 0 bridgehead atoms. The molecule has 1 aliphatic carbocycles. The van der Waals surface area contributed by atoms with Crippen LogP contribution in [0.3, 0.4) is 0 Å². The normalized spacial score (nSPS) is 21.2. The number of aliphatic hydroxyl groups excluding tert-OH is 1. The molecule has 5 heteroatoms. The molecule has 178 valence electrons. The Bertz CT molecular complexity index is 848. The van der Waals surface area contributed by atoms with E-state index in [1.165, 1.54) is 57.1 Å². The van der Waals surface area contributed by atoms with Gasteiger partial charge in [0.05, 0.1) is 6.10 Å². The zero-order chi connectivity index (χ0) is 22.5. The fourth-order valence-electron chi connectivity index (χ4n) is 5.99. The Kier molecular flexibility index (Phi) is 8.25. The van der Waals surface area contributed by atoms with Crippen LogP contribution in [0.15, 0.2) is 24.4 Å². The molecule has 0 radical (unpaired) electrons. The highest BCUT2D eigenvalue weighted by atomic mass is 19.1. The molecule has 1 saturated carbocycles. The standard InChI is InChI=1S/C27H42FN3O/c1-29(2)18-24(32)19-31-20-26(25-16-23(28)10-11-27(25)31)22-12-14-30(15-13-22)17-21-8-6-4-3-5-7-9-21/h10-11,16,20-22,24,32H,3-9,12-15,17-19H2,1-2H3. The van der Waals surface area contributed by atoms with Crippen LogP contribution in [-0.4, -0.2) is 65.9 Å². The first-order valence-corrected chi connectivity index (χ1v) is 12.8. The van der Waals surface area contributed by atoms with Gasteiger partial charge in [-0.2, -0.15) is 0 Å². The third kappa shape index (κ3) is 6.12. The average molecular weight is 444 g/mol. The van der Waals surface area contributed by atoms with Crippen molar-refractivity contribution < 1.29 is 9.50 Å². The van der Waals surface area contributed by atoms with Crippen molar-refractivity contribution in [3.8, 4) is 0 Å². The van der Waals surface area contributed by atoms with E-state index in [4.69, 9.17) is 0 Å². The summed E-state index contributed by atoms with van der Waals surface area (Å²) in [5, 5.41) is 11.5. The number of likely N-dealkylation sites (N-methyl/N-ethyl adjacent to an activating group) is 1. The van der Waals surface area contributed by atoms with Gasteiger partial charge in [0.15, 0.2) is 0 Å². The summed E-state index contributed by atoms with van der Waals surface area (Å²) in [5.74, 6) is 1.17. The summed E-state index contributed by atoms with van der Waals surface area (Å²) < 4.78 is 16.3. The van der Waals surface area contributed by atoms with Crippen molar-refractivity contribution in [2.24, 2.45) is 5.92 Å². The van der Waals surface area contributed by atoms with E-state index in [9.17, 15) is 9.50 Å². The van der Waals surface area contributed by atoms with Gasteiger partial charge in [-0.3, -0.25) is 0 Å². The van der Waals surface area contributed by atoms with Gasteiger partial charge in [-0.25, -0.2) is 4.39 Å². The van der Waals surface area contributed by atoms with Crippen LogP contribution in [0.1, 0.15) is 69.3 Å². The first-order chi connectivity index (χ1) is 15.5. The Labute approximate surface area is 193 Å². The number of likely N-dealkylation sites (tertiary alicyclic amines) is 1. The number of hydrogen-bond acceptors (Lipinski definition) is 3. The maximum absolute atomic E-state index is 14.1. The number of fused-ring (bicyclic) bond motifs is 1. The largest absolute Gasteiger partial charge is 0.390 e. The van der Waals surface area contributed by atoms with Gasteiger partial charge in [0.1, 0.15) is 5.82 Å². The lowest BCUT2D eigenvalue weighted by Crippen LogP contribution is -2.36. The smallest absolute Gasteiger partial charge is 0.123 e. The van der Waals surface area contributed by atoms with E-state index in [1.807, 2.05) is 25.1 Å². The van der Waals surface area contributed by atoms with Crippen LogP contribution in [0.25, 0.3) is 10.9 Å². The van der Waals surface area contributed by atoms with Gasteiger partial charge >= 0.3 is 0 Å². The number of piperidine rings is 1. The van der Waals surface area contributed by atoms with E-state index < -0.39 is 6.10 Å². The number of rotatable bonds is 7. The molecule has 1 atom stereocenters. The summed E-state index contributed by atoms with van der Waals surface area (Å²) in [5.41, 5.74) is 2.30. The van der Waals surface area contributed by atoms with Crippen molar-refractivity contribution >= 4 is 10.9 Å². The molecule has 32 heavy (non-hydrogen) atoms. The number of benzene rings is 1. The molecule has 2 fully saturated rings. The molecule has 1 saturated heterocycles. The van der Waals surface area contributed by atoms with Crippen molar-refractivity contribution in [1.82, 2.24) is 14.4 Å². The number of hydrogen-bond donors (Lipinski definition) is 1. The SMILES string of the molecule is CN(C)CC(O)Cn1cc(C2CCN(CC3CCCCCCC3)CC2)c2cc(F)ccc21. The lowest BCUT2D eigenvalue weighted by molar-refractivity contribution is 0.121. The van der Waals surface area contributed by atoms with Gasteiger partial charge in [0.2, 0.25) is 0 Å². The molecule has 2 aromatic rings. The summed E-state index contributed by atoms with van der Waals surface area (Å²) in [4.78, 5) is 4.69. The van der Waals surface area contributed by atoms with Crippen LogP contribution in [0.2, 0.25) is 0 Å². The molecule has 1 aromatic carbocycles. The van der Waals surface area contributed by atoms with Crippen molar-refractivity contribution in [3.05, 3.63) is 35.8 Å². The maximum atomic E-state index is 14.1. The van der Waals surface area contributed by atoms with Crippen LogP contribution in [0.4, 0.5) is 4.39 Å². The molecular formula is C27H42FN3O. The van der Waals surface area contributed by atoms with E-state index in [2.05, 4.69) is 15.7 Å². The third-order valence-electron chi connectivity index (χ3n) is 7.63. The van der Waals surface area contributed by atoms with Gasteiger partial charge < -0.3 is 19.5 Å². The Balaban J connectivity index is 1.42. The number of aromatic nitrogens is 1. The van der Waals surface area contributed by atoms with Gasteiger partial charge in [-0.1, -0.05) is 32.1 Å². The van der Waals surface area contributed by atoms with E-state index in [0.29, 0.717) is 19.0 Å². The fraction of sp³-hybridized carbons (Fsp3) is 0.704. The van der Waals surface area contributed by atoms with E-state index >= 15 is 0 Å². The van der Waals surface area contributed by atoms with Gasteiger partial charge in [-0.15, -0.1) is 0 Å². The molecule has 1 aliphatic heterocycles. The molecule has 2 heterocycles. The minimum absolute atomic E-state index is 0.174. The van der Waals surface area contributed by atoms with Crippen LogP contribution in [0, 0.1) is 11.7 Å². The second-order valence-corrected chi connectivity index (χ2v) is 10.6. The van der Waals surface area contributed by atoms with Crippen molar-refractivity contribution in [3.63, 3.8) is 0 Å². The summed E-state index contributed by atoms with van der Waals surface area (Å²) in [7, 11) is 3.95. The van der Waals surface area contributed by atoms with Crippen LogP contribution in [0.5, 0.6) is 0 Å². The van der Waals surface area contributed by atoms with Crippen LogP contribution < -0.4 is 0 Å². The lowest BCUT2D eigenvalue weighted by Gasteiger charge is -2.35. The molecule has 0 spiro atoms. The molecule has 2 aliphatic rings. The zero-order valence-electron chi connectivity index (χ0n) is 20.1. The predicted molar refractivity (Wildman–Crippen MR) is 131 cm³/mol. The number of aliphatic hydroxyl groups is 1. The van der Waals surface area contributed by atoms with Crippen LogP contribution in [-0.2, 0) is 6.54 Å². The van der Waals surface area contributed by atoms with E-state index in [1.54, 1.807) is 12.1 Å². The summed E-state index contributed by atoms with van der Waals surface area (Å²) in [6.45, 7) is 4.72. The minimum atomic E-state index is -0.441. The Hall–Kier alpha value is -1.43. The van der Waals surface area contributed by atoms with Gasteiger partial charge in [-0.05, 0) is 88.5 Å². The maximum Gasteiger partial charge on any atom is 0.123 e. The second kappa shape index (κ2) is 11.1. The van der Waals surface area contributed by atoms with E-state index in [-0.39, 0.29) is 5.82 Å². The highest BCUT2D eigenvalue weighted by Gasteiger charge is 2.26. The van der Waals surface area contributed by atoms with E-state index in [0.717, 1.165) is 42.8 Å². The topological polar surface area (TPSA) is 31.6 Å². The zero-order valence-corrected chi connectivity index (χ0v) is 20.1. The molecule has 4 rings (SSSR count). The lowest BCUT2D eigenvalue weighted by atomic mass is 9.87. The molecule has 1 N–H and O–H groups in total. The Morgan fingerprint density at radius 3 is 2.41 bits per heavy atom. The summed E-state index contributed by atoms with van der Waals surface area (Å²) in [6, 6.07) is 5.11. The second-order valence-electron chi connectivity index (χ2n) is 10.6. The average Bonchev–Trinajstić information content (AvgIpc) is 3.07. The summed E-state index contributed by atoms with van der Waals surface area (Å²) >= 11 is 0. The molecular weight excluding hydrogens is 401 g/mol. The molecule has 1 aromatic heterocycles. The van der Waals surface area contributed by atoms with Crippen molar-refractivity contribution in [1.29, 1.82) is 0 Å². The number of halogens is 1. The molecule has 1 unspecified atom stereocenters. The number of nitrogens with zero attached hydrogens (tertiary/aromatic N) is 3. The Morgan fingerprint density at radius 1 is 1.03 bits per heavy atom. The van der Waals surface area contributed by atoms with Crippen LogP contribution >= 0.6 is 0 Å². The van der Waals surface area contributed by atoms with Gasteiger partial charge in [0.25, 0.3) is 0 Å². The Morgan fingerprint density at radius 2 is 1.72 bits per heavy atom. The monoisotopic (exact) mass is 443 g/mol. The minimum Gasteiger partial charge on any atom is -0.390 e. The summed E-state index contributed by atoms with van der Waals surface area (Å²) in [6.07, 6.45) is 13.9. The first kappa shape index (κ1) is 23.7. The highest BCUT2D eigenvalue weighted by Crippen LogP contribution is 2.35. The molecule has 0 amide bonds.